The summed E-state index contributed by atoms with van der Waals surface area (Å²) in [7, 11) is 0. The summed E-state index contributed by atoms with van der Waals surface area (Å²) in [6.07, 6.45) is 5.86. The normalized spacial score (nSPS) is 33.2. The maximum absolute atomic E-state index is 6.31. The number of aromatic nitrogens is 1. The second kappa shape index (κ2) is 3.17. The molecule has 0 spiro atoms. The van der Waals surface area contributed by atoms with Gasteiger partial charge in [-0.15, -0.1) is 0 Å². The molecule has 2 nitrogen and oxygen atoms in total. The van der Waals surface area contributed by atoms with Crippen molar-refractivity contribution in [3.05, 3.63) is 23.5 Å². The summed E-state index contributed by atoms with van der Waals surface area (Å²) >= 11 is 0. The Bertz CT molecular complexity index is 453. The van der Waals surface area contributed by atoms with Crippen molar-refractivity contribution in [3.63, 3.8) is 0 Å². The van der Waals surface area contributed by atoms with Gasteiger partial charge in [-0.1, -0.05) is 27.7 Å². The average Bonchev–Trinajstić information content (AvgIpc) is 2.63. The fourth-order valence-electron chi connectivity index (χ4n) is 3.46. The van der Waals surface area contributed by atoms with Gasteiger partial charge in [-0.25, -0.2) is 0 Å². The van der Waals surface area contributed by atoms with Gasteiger partial charge in [0.1, 0.15) is 0 Å². The Kier molecular flexibility index (Phi) is 2.11. The van der Waals surface area contributed by atoms with E-state index in [4.69, 9.17) is 5.73 Å². The number of hydrogen-bond donors (Lipinski definition) is 1. The van der Waals surface area contributed by atoms with E-state index in [9.17, 15) is 0 Å². The van der Waals surface area contributed by atoms with Crippen LogP contribution in [0.3, 0.4) is 0 Å². The molecule has 2 heteroatoms. The number of rotatable bonds is 1. The van der Waals surface area contributed by atoms with Gasteiger partial charge in [0.25, 0.3) is 0 Å². The van der Waals surface area contributed by atoms with Gasteiger partial charge >= 0.3 is 0 Å². The van der Waals surface area contributed by atoms with E-state index in [2.05, 4.69) is 44.5 Å². The van der Waals surface area contributed by atoms with Crippen molar-refractivity contribution in [1.29, 1.82) is 0 Å². The third kappa shape index (κ3) is 1.74. The Labute approximate surface area is 104 Å². The van der Waals surface area contributed by atoms with E-state index in [1.807, 2.05) is 0 Å². The number of fused-ring (bicyclic) bond motifs is 1. The molecule has 0 radical (unpaired) electrons. The zero-order valence-electron chi connectivity index (χ0n) is 11.5. The standard InChI is InChI=1S/C15H24N2/c1-14(2)7-11(16)10-5-6-17(12(10)8-14)13-9-15(13,3)4/h5-6,11,13H,7-9,16H2,1-4H3. The summed E-state index contributed by atoms with van der Waals surface area (Å²) < 4.78 is 2.51. The van der Waals surface area contributed by atoms with Crippen molar-refractivity contribution >= 4 is 0 Å². The van der Waals surface area contributed by atoms with Gasteiger partial charge in [0.05, 0.1) is 0 Å². The quantitative estimate of drug-likeness (QED) is 0.790. The second-order valence-electron chi connectivity index (χ2n) is 7.49. The van der Waals surface area contributed by atoms with Gasteiger partial charge in [-0.2, -0.15) is 0 Å². The minimum Gasteiger partial charge on any atom is -0.348 e. The fourth-order valence-corrected chi connectivity index (χ4v) is 3.46. The lowest BCUT2D eigenvalue weighted by atomic mass is 9.74. The van der Waals surface area contributed by atoms with Crippen LogP contribution in [0, 0.1) is 10.8 Å². The largest absolute Gasteiger partial charge is 0.348 e. The Balaban J connectivity index is 2.00. The Hall–Kier alpha value is -0.760. The lowest BCUT2D eigenvalue weighted by Gasteiger charge is -2.34. The molecule has 2 N–H and O–H groups in total. The van der Waals surface area contributed by atoms with E-state index in [1.165, 1.54) is 24.1 Å². The van der Waals surface area contributed by atoms with Gasteiger partial charge in [0.2, 0.25) is 0 Å². The summed E-state index contributed by atoms with van der Waals surface area (Å²) in [6.45, 7) is 9.40. The van der Waals surface area contributed by atoms with Gasteiger partial charge in [0, 0.05) is 24.0 Å². The molecule has 0 bridgehead atoms. The first-order chi connectivity index (χ1) is 7.80. The highest BCUT2D eigenvalue weighted by atomic mass is 15.1. The summed E-state index contributed by atoms with van der Waals surface area (Å²) in [5.41, 5.74) is 10.0. The van der Waals surface area contributed by atoms with E-state index in [1.54, 1.807) is 0 Å². The highest BCUT2D eigenvalue weighted by Crippen LogP contribution is 2.57. The first-order valence-corrected chi connectivity index (χ1v) is 6.75. The van der Waals surface area contributed by atoms with Crippen molar-refractivity contribution in [1.82, 2.24) is 4.57 Å². The van der Waals surface area contributed by atoms with Gasteiger partial charge < -0.3 is 10.3 Å². The van der Waals surface area contributed by atoms with Crippen molar-refractivity contribution < 1.29 is 0 Å². The highest BCUT2D eigenvalue weighted by Gasteiger charge is 2.48. The lowest BCUT2D eigenvalue weighted by Crippen LogP contribution is -2.30. The molecule has 1 aromatic rings. The van der Waals surface area contributed by atoms with Gasteiger partial charge in [-0.05, 0) is 41.7 Å². The molecule has 1 fully saturated rings. The van der Waals surface area contributed by atoms with Crippen molar-refractivity contribution in [2.45, 2.75) is 59.0 Å². The Morgan fingerprint density at radius 2 is 1.88 bits per heavy atom. The summed E-state index contributed by atoms with van der Waals surface area (Å²) in [5, 5.41) is 0. The molecule has 1 aromatic heterocycles. The summed E-state index contributed by atoms with van der Waals surface area (Å²) in [4.78, 5) is 0. The zero-order chi connectivity index (χ0) is 12.4. The van der Waals surface area contributed by atoms with Crippen LogP contribution in [-0.2, 0) is 6.42 Å². The molecular weight excluding hydrogens is 208 g/mol. The van der Waals surface area contributed by atoms with Crippen LogP contribution in [0.2, 0.25) is 0 Å². The smallest absolute Gasteiger partial charge is 0.0391 e. The molecule has 1 heterocycles. The molecule has 0 aliphatic heterocycles. The minimum absolute atomic E-state index is 0.233. The molecule has 0 amide bonds. The maximum Gasteiger partial charge on any atom is 0.0391 e. The van der Waals surface area contributed by atoms with Crippen LogP contribution < -0.4 is 5.73 Å². The summed E-state index contributed by atoms with van der Waals surface area (Å²) in [6, 6.07) is 3.19. The highest BCUT2D eigenvalue weighted by molar-refractivity contribution is 5.32. The van der Waals surface area contributed by atoms with E-state index < -0.39 is 0 Å². The zero-order valence-corrected chi connectivity index (χ0v) is 11.5. The average molecular weight is 232 g/mol. The predicted molar refractivity (Wildman–Crippen MR) is 70.9 cm³/mol. The molecule has 0 saturated heterocycles. The molecule has 17 heavy (non-hydrogen) atoms. The summed E-state index contributed by atoms with van der Waals surface area (Å²) in [5.74, 6) is 0. The number of hydrogen-bond acceptors (Lipinski definition) is 1. The van der Waals surface area contributed by atoms with Crippen molar-refractivity contribution in [2.75, 3.05) is 0 Å². The van der Waals surface area contributed by atoms with Crippen molar-refractivity contribution in [3.8, 4) is 0 Å². The van der Waals surface area contributed by atoms with Crippen LogP contribution in [0.5, 0.6) is 0 Å². The molecule has 2 unspecified atom stereocenters. The minimum atomic E-state index is 0.233. The molecule has 2 atom stereocenters. The Morgan fingerprint density at radius 1 is 1.24 bits per heavy atom. The number of nitrogens with two attached hydrogens (primary N) is 1. The fraction of sp³-hybridized carbons (Fsp3) is 0.733. The van der Waals surface area contributed by atoms with Gasteiger partial charge in [-0.3, -0.25) is 0 Å². The van der Waals surface area contributed by atoms with E-state index in [0.29, 0.717) is 16.9 Å². The molecule has 1 saturated carbocycles. The van der Waals surface area contributed by atoms with Crippen LogP contribution in [0.15, 0.2) is 12.3 Å². The Morgan fingerprint density at radius 3 is 2.47 bits per heavy atom. The van der Waals surface area contributed by atoms with E-state index >= 15 is 0 Å². The topological polar surface area (TPSA) is 30.9 Å². The molecule has 94 valence electrons. The first kappa shape index (κ1) is 11.3. The third-order valence-electron chi connectivity index (χ3n) is 4.67. The molecule has 0 aromatic carbocycles. The van der Waals surface area contributed by atoms with Crippen LogP contribution >= 0.6 is 0 Å². The van der Waals surface area contributed by atoms with E-state index in [-0.39, 0.29) is 6.04 Å². The second-order valence-corrected chi connectivity index (χ2v) is 7.49. The van der Waals surface area contributed by atoms with E-state index in [0.717, 1.165) is 6.42 Å². The molecule has 3 rings (SSSR count). The third-order valence-corrected chi connectivity index (χ3v) is 4.67. The van der Waals surface area contributed by atoms with Crippen molar-refractivity contribution in [2.24, 2.45) is 16.6 Å². The van der Waals surface area contributed by atoms with Crippen LogP contribution in [-0.4, -0.2) is 4.57 Å². The number of nitrogens with zero attached hydrogens (tertiary/aromatic N) is 1. The van der Waals surface area contributed by atoms with Crippen LogP contribution in [0.1, 0.15) is 63.9 Å². The lowest BCUT2D eigenvalue weighted by molar-refractivity contribution is 0.274. The SMILES string of the molecule is CC1(C)Cc2c(ccn2C2CC2(C)C)C(N)C1. The first-order valence-electron chi connectivity index (χ1n) is 6.75. The maximum atomic E-state index is 6.31. The molecule has 2 aliphatic carbocycles. The van der Waals surface area contributed by atoms with Crippen LogP contribution in [0.25, 0.3) is 0 Å². The molecule has 2 aliphatic rings. The molecular formula is C15H24N2. The predicted octanol–water partition coefficient (Wildman–Crippen LogP) is 3.43. The van der Waals surface area contributed by atoms with Gasteiger partial charge in [0.15, 0.2) is 0 Å². The monoisotopic (exact) mass is 232 g/mol. The van der Waals surface area contributed by atoms with Crippen LogP contribution in [0.4, 0.5) is 0 Å².